The highest BCUT2D eigenvalue weighted by molar-refractivity contribution is 6.04. The number of rotatable bonds is 4. The molecule has 0 atom stereocenters. The number of methoxy groups -OCH3 is 1. The fourth-order valence-corrected chi connectivity index (χ4v) is 3.03. The van der Waals surface area contributed by atoms with Crippen molar-refractivity contribution in [2.45, 2.75) is 0 Å². The van der Waals surface area contributed by atoms with Crippen LogP contribution in [0.3, 0.4) is 0 Å². The van der Waals surface area contributed by atoms with Gasteiger partial charge in [-0.05, 0) is 41.1 Å². The Morgan fingerprint density at radius 1 is 0.964 bits per heavy atom. The molecule has 6 nitrogen and oxygen atoms in total. The molecular formula is C22H17N3O3. The zero-order valence-corrected chi connectivity index (χ0v) is 15.1. The Morgan fingerprint density at radius 3 is 2.50 bits per heavy atom. The van der Waals surface area contributed by atoms with E-state index >= 15 is 0 Å². The summed E-state index contributed by atoms with van der Waals surface area (Å²) in [7, 11) is 1.32. The topological polar surface area (TPSA) is 84.1 Å². The molecule has 0 fully saturated rings. The Morgan fingerprint density at radius 2 is 1.71 bits per heavy atom. The summed E-state index contributed by atoms with van der Waals surface area (Å²) in [6.07, 6.45) is 0. The van der Waals surface area contributed by atoms with Crippen LogP contribution < -0.4 is 5.32 Å². The number of ether oxygens (including phenoxy) is 1. The second-order valence-corrected chi connectivity index (χ2v) is 6.22. The van der Waals surface area contributed by atoms with Crippen molar-refractivity contribution in [1.29, 1.82) is 0 Å². The Bertz CT molecular complexity index is 1160. The van der Waals surface area contributed by atoms with E-state index < -0.39 is 5.97 Å². The minimum Gasteiger partial charge on any atom is -0.465 e. The van der Waals surface area contributed by atoms with Gasteiger partial charge < -0.3 is 10.1 Å². The second-order valence-electron chi connectivity index (χ2n) is 6.22. The van der Waals surface area contributed by atoms with Crippen LogP contribution in [0.1, 0.15) is 20.8 Å². The first-order valence-corrected chi connectivity index (χ1v) is 8.69. The number of hydrogen-bond acceptors (Lipinski definition) is 4. The van der Waals surface area contributed by atoms with E-state index in [0.29, 0.717) is 22.6 Å². The molecule has 0 unspecified atom stereocenters. The highest BCUT2D eigenvalue weighted by Crippen LogP contribution is 2.27. The first-order chi connectivity index (χ1) is 13.7. The Hall–Kier alpha value is -3.93. The molecule has 138 valence electrons. The number of nitrogens with zero attached hydrogens (tertiary/aromatic N) is 1. The quantitative estimate of drug-likeness (QED) is 0.525. The van der Waals surface area contributed by atoms with Crippen LogP contribution in [-0.4, -0.2) is 29.2 Å². The molecule has 3 aromatic carbocycles. The molecule has 0 bridgehead atoms. The highest BCUT2D eigenvalue weighted by atomic mass is 16.5. The zero-order chi connectivity index (χ0) is 19.5. The molecule has 6 heteroatoms. The van der Waals surface area contributed by atoms with Gasteiger partial charge in [-0.15, -0.1) is 0 Å². The van der Waals surface area contributed by atoms with Gasteiger partial charge in [0.05, 0.1) is 18.4 Å². The fraction of sp³-hybridized carbons (Fsp3) is 0.0455. The number of anilines is 1. The zero-order valence-electron chi connectivity index (χ0n) is 15.1. The average Bonchev–Trinajstić information content (AvgIpc) is 3.23. The predicted molar refractivity (Wildman–Crippen MR) is 107 cm³/mol. The molecule has 0 aliphatic carbocycles. The van der Waals surface area contributed by atoms with Crippen LogP contribution in [0.25, 0.3) is 22.0 Å². The smallest absolute Gasteiger partial charge is 0.337 e. The number of esters is 1. The first-order valence-electron chi connectivity index (χ1n) is 8.69. The number of carbonyl (C=O) groups is 2. The van der Waals surface area contributed by atoms with Crippen molar-refractivity contribution in [3.63, 3.8) is 0 Å². The van der Waals surface area contributed by atoms with Gasteiger partial charge >= 0.3 is 5.97 Å². The molecule has 28 heavy (non-hydrogen) atoms. The summed E-state index contributed by atoms with van der Waals surface area (Å²) in [5.41, 5.74) is 2.98. The van der Waals surface area contributed by atoms with Crippen LogP contribution in [0.15, 0.2) is 72.8 Å². The van der Waals surface area contributed by atoms with E-state index in [1.165, 1.54) is 7.11 Å². The molecule has 2 N–H and O–H groups in total. The maximum Gasteiger partial charge on any atom is 0.337 e. The van der Waals surface area contributed by atoms with E-state index in [9.17, 15) is 9.59 Å². The lowest BCUT2D eigenvalue weighted by molar-refractivity contribution is 0.0600. The van der Waals surface area contributed by atoms with Gasteiger partial charge in [0.25, 0.3) is 5.91 Å². The third-order valence-corrected chi connectivity index (χ3v) is 4.45. The summed E-state index contributed by atoms with van der Waals surface area (Å²) in [5.74, 6) is -0.740. The van der Waals surface area contributed by atoms with Crippen molar-refractivity contribution in [3.05, 3.63) is 84.1 Å². The van der Waals surface area contributed by atoms with E-state index in [4.69, 9.17) is 0 Å². The molecule has 0 saturated heterocycles. The lowest BCUT2D eigenvalue weighted by Crippen LogP contribution is -2.12. The number of aromatic amines is 1. The van der Waals surface area contributed by atoms with Gasteiger partial charge in [-0.25, -0.2) is 4.79 Å². The maximum atomic E-state index is 12.5. The van der Waals surface area contributed by atoms with E-state index in [-0.39, 0.29) is 5.91 Å². The minimum atomic E-state index is -0.425. The predicted octanol–water partition coefficient (Wildman–Crippen LogP) is 4.27. The summed E-state index contributed by atoms with van der Waals surface area (Å²) in [5, 5.41) is 12.1. The largest absolute Gasteiger partial charge is 0.465 e. The molecule has 1 amide bonds. The number of aromatic nitrogens is 2. The molecule has 1 aromatic heterocycles. The Balaban J connectivity index is 1.55. The number of benzene rings is 3. The number of fused-ring (bicyclic) bond motifs is 1. The third-order valence-electron chi connectivity index (χ3n) is 4.45. The third kappa shape index (κ3) is 3.35. The molecule has 4 rings (SSSR count). The summed E-state index contributed by atoms with van der Waals surface area (Å²) in [6.45, 7) is 0. The van der Waals surface area contributed by atoms with Gasteiger partial charge in [0, 0.05) is 11.3 Å². The number of H-pyrrole nitrogens is 1. The fourth-order valence-electron chi connectivity index (χ4n) is 3.03. The second kappa shape index (κ2) is 7.36. The summed E-state index contributed by atoms with van der Waals surface area (Å²) >= 11 is 0. The van der Waals surface area contributed by atoms with Crippen molar-refractivity contribution in [2.24, 2.45) is 0 Å². The first kappa shape index (κ1) is 17.5. The lowest BCUT2D eigenvalue weighted by Gasteiger charge is -2.04. The van der Waals surface area contributed by atoms with E-state index in [1.54, 1.807) is 30.3 Å². The standard InChI is InChI=1S/C22H17N3O3/c1-28-22(27)15-9-11-16(12-10-15)23-21(26)20-13-19(24-25-20)18-8-4-6-14-5-2-3-7-17(14)18/h2-13H,1H3,(H,23,26)(H,24,25). The van der Waals surface area contributed by atoms with Gasteiger partial charge in [0.2, 0.25) is 0 Å². The van der Waals surface area contributed by atoms with Crippen molar-refractivity contribution in [1.82, 2.24) is 10.2 Å². The van der Waals surface area contributed by atoms with Crippen LogP contribution in [0.2, 0.25) is 0 Å². The van der Waals surface area contributed by atoms with E-state index in [0.717, 1.165) is 16.3 Å². The van der Waals surface area contributed by atoms with Gasteiger partial charge in [-0.3, -0.25) is 9.89 Å². The normalized spacial score (nSPS) is 10.6. The van der Waals surface area contributed by atoms with E-state index in [2.05, 4.69) is 20.3 Å². The Labute approximate surface area is 161 Å². The number of nitrogens with one attached hydrogen (secondary N) is 2. The molecule has 0 aliphatic heterocycles. The lowest BCUT2D eigenvalue weighted by atomic mass is 10.0. The van der Waals surface area contributed by atoms with E-state index in [1.807, 2.05) is 42.5 Å². The summed E-state index contributed by atoms with van der Waals surface area (Å²) < 4.78 is 4.66. The molecule has 0 saturated carbocycles. The molecule has 0 radical (unpaired) electrons. The van der Waals surface area contributed by atoms with Gasteiger partial charge in [0.15, 0.2) is 0 Å². The van der Waals surface area contributed by atoms with Crippen LogP contribution in [0.4, 0.5) is 5.69 Å². The maximum absolute atomic E-state index is 12.5. The van der Waals surface area contributed by atoms with Crippen molar-refractivity contribution >= 4 is 28.3 Å². The molecule has 0 aliphatic rings. The minimum absolute atomic E-state index is 0.315. The van der Waals surface area contributed by atoms with Gasteiger partial charge in [-0.1, -0.05) is 42.5 Å². The van der Waals surface area contributed by atoms with Crippen molar-refractivity contribution in [2.75, 3.05) is 12.4 Å². The number of amides is 1. The summed E-state index contributed by atoms with van der Waals surface area (Å²) in [6, 6.07) is 22.2. The van der Waals surface area contributed by atoms with Crippen molar-refractivity contribution < 1.29 is 14.3 Å². The monoisotopic (exact) mass is 371 g/mol. The molecular weight excluding hydrogens is 354 g/mol. The van der Waals surface area contributed by atoms with Gasteiger partial charge in [0.1, 0.15) is 5.69 Å². The van der Waals surface area contributed by atoms with Crippen LogP contribution in [-0.2, 0) is 4.74 Å². The van der Waals surface area contributed by atoms with Crippen LogP contribution in [0, 0.1) is 0 Å². The molecule has 1 heterocycles. The number of hydrogen-bond donors (Lipinski definition) is 2. The SMILES string of the molecule is COC(=O)c1ccc(NC(=O)c2cc(-c3cccc4ccccc34)n[nH]2)cc1. The molecule has 0 spiro atoms. The summed E-state index contributed by atoms with van der Waals surface area (Å²) in [4.78, 5) is 24.0. The van der Waals surface area contributed by atoms with Gasteiger partial charge in [-0.2, -0.15) is 5.10 Å². The molecule has 4 aromatic rings. The van der Waals surface area contributed by atoms with Crippen LogP contribution >= 0.6 is 0 Å². The number of carbonyl (C=O) groups excluding carboxylic acids is 2. The average molecular weight is 371 g/mol. The highest BCUT2D eigenvalue weighted by Gasteiger charge is 2.13. The Kier molecular flexibility index (Phi) is 4.60. The van der Waals surface area contributed by atoms with Crippen molar-refractivity contribution in [3.8, 4) is 11.3 Å². The van der Waals surface area contributed by atoms with Crippen LogP contribution in [0.5, 0.6) is 0 Å².